The Balaban J connectivity index is 4.54. The van der Waals surface area contributed by atoms with Crippen LogP contribution in [0, 0.1) is 0 Å². The standard InChI is InChI=1S/C77H134O16P2/c1-4-7-10-13-16-19-22-25-27-29-31-32-33-34-35-36-37-38-40-42-43-46-48-51-54-57-60-63-75(80)87-66-72(78)67-89-94(83,84)90-68-73(79)69-91-95(85,86)92-71-74(93-77(82)65-62-59-56-53-50-45-24-21-18-15-12-9-6-3)70-88-76(81)64-61-58-55-52-49-47-44-41-39-30-28-26-23-20-17-14-11-8-5-2/h7,10,16-17,19-20,25-28,31-32,34-35,37-39,41,72-74,78-79H,4-6,8-9,11-15,18,21-24,29-30,33,36,40,42-71H2,1-3H3,(H,83,84)(H,85,86)/b10-7-,19-16-,20-17-,27-25-,28-26-,32-31-,35-34-,38-37-,41-39-. The monoisotopic (exact) mass is 1380 g/mol. The van der Waals surface area contributed by atoms with E-state index in [0.717, 1.165) is 154 Å². The minimum atomic E-state index is -4.93. The fourth-order valence-corrected chi connectivity index (χ4v) is 11.4. The molecule has 16 nitrogen and oxygen atoms in total. The normalized spacial score (nSPS) is 14.7. The van der Waals surface area contributed by atoms with Gasteiger partial charge in [-0.15, -0.1) is 0 Å². The quantitative estimate of drug-likeness (QED) is 0.0146. The molecular weight excluding hydrogens is 1240 g/mol. The minimum absolute atomic E-state index is 0.104. The van der Waals surface area contributed by atoms with Crippen molar-refractivity contribution in [3.8, 4) is 0 Å². The number of carbonyl (C=O) groups is 3. The lowest BCUT2D eigenvalue weighted by Gasteiger charge is -2.21. The number of allylic oxidation sites excluding steroid dienone is 18. The summed E-state index contributed by atoms with van der Waals surface area (Å²) < 4.78 is 61.0. The van der Waals surface area contributed by atoms with Gasteiger partial charge in [0.25, 0.3) is 0 Å². The molecule has 5 unspecified atom stereocenters. The van der Waals surface area contributed by atoms with Crippen LogP contribution in [0.15, 0.2) is 109 Å². The minimum Gasteiger partial charge on any atom is -0.463 e. The molecule has 0 spiro atoms. The van der Waals surface area contributed by atoms with Crippen molar-refractivity contribution in [2.45, 2.75) is 322 Å². The molecule has 0 aromatic rings. The zero-order chi connectivity index (χ0) is 69.5. The summed E-state index contributed by atoms with van der Waals surface area (Å²) in [6.07, 6.45) is 79.9. The van der Waals surface area contributed by atoms with Crippen LogP contribution in [0.4, 0.5) is 0 Å². The topological polar surface area (TPSA) is 231 Å². The Morgan fingerprint density at radius 1 is 0.305 bits per heavy atom. The van der Waals surface area contributed by atoms with Gasteiger partial charge in [-0.2, -0.15) is 0 Å². The second-order valence-corrected chi connectivity index (χ2v) is 27.6. The van der Waals surface area contributed by atoms with Crippen molar-refractivity contribution in [3.63, 3.8) is 0 Å². The SMILES string of the molecule is CC/C=C\C/C=C\C/C=C\C/C=C\C/C=C\C/C=C\CCCCCCCCCCC(=O)OCC(O)COP(=O)(O)OCC(O)COP(=O)(O)OCC(COC(=O)CCCCCCCC/C=C\C/C=C\C/C=C\CCCCC)OC(=O)CCCCCCCCCCCCCCC. The van der Waals surface area contributed by atoms with Crippen LogP contribution in [0.3, 0.4) is 0 Å². The van der Waals surface area contributed by atoms with Crippen LogP contribution in [0.5, 0.6) is 0 Å². The second-order valence-electron chi connectivity index (χ2n) is 24.7. The number of unbranched alkanes of at least 4 members (excludes halogenated alkanes) is 29. The lowest BCUT2D eigenvalue weighted by molar-refractivity contribution is -0.161. The van der Waals surface area contributed by atoms with E-state index in [0.29, 0.717) is 19.3 Å². The maximum atomic E-state index is 12.9. The summed E-state index contributed by atoms with van der Waals surface area (Å²) >= 11 is 0. The van der Waals surface area contributed by atoms with Gasteiger partial charge in [0.05, 0.1) is 26.4 Å². The van der Waals surface area contributed by atoms with E-state index in [-0.39, 0.29) is 19.3 Å². The summed E-state index contributed by atoms with van der Waals surface area (Å²) in [7, 11) is -9.78. The van der Waals surface area contributed by atoms with E-state index in [4.69, 9.17) is 32.3 Å². The summed E-state index contributed by atoms with van der Waals surface area (Å²) in [5.41, 5.74) is 0. The average Bonchev–Trinajstić information content (AvgIpc) is 1.81. The van der Waals surface area contributed by atoms with Crippen LogP contribution in [0.1, 0.15) is 303 Å². The lowest BCUT2D eigenvalue weighted by Crippen LogP contribution is -2.30. The first-order valence-corrected chi connectivity index (χ1v) is 40.2. The third-order valence-corrected chi connectivity index (χ3v) is 17.4. The first-order valence-electron chi connectivity index (χ1n) is 37.2. The second kappa shape index (κ2) is 70.1. The number of hydrogen-bond donors (Lipinski definition) is 4. The van der Waals surface area contributed by atoms with E-state index in [9.17, 15) is 43.5 Å². The molecule has 5 atom stereocenters. The van der Waals surface area contributed by atoms with Crippen molar-refractivity contribution < 1.29 is 75.8 Å². The predicted octanol–water partition coefficient (Wildman–Crippen LogP) is 21.2. The molecule has 548 valence electrons. The molecule has 0 saturated heterocycles. The number of aliphatic hydroxyl groups excluding tert-OH is 2. The molecule has 0 amide bonds. The predicted molar refractivity (Wildman–Crippen MR) is 390 cm³/mol. The van der Waals surface area contributed by atoms with Gasteiger partial charge in [0.15, 0.2) is 6.10 Å². The van der Waals surface area contributed by atoms with E-state index in [1.54, 1.807) is 0 Å². The number of phosphoric acid groups is 2. The highest BCUT2D eigenvalue weighted by Crippen LogP contribution is 2.45. The number of rotatable bonds is 70. The van der Waals surface area contributed by atoms with E-state index in [1.165, 1.54) is 89.9 Å². The van der Waals surface area contributed by atoms with Crippen molar-refractivity contribution in [2.75, 3.05) is 39.6 Å². The van der Waals surface area contributed by atoms with Crippen molar-refractivity contribution in [2.24, 2.45) is 0 Å². The van der Waals surface area contributed by atoms with E-state index in [1.807, 2.05) is 0 Å². The highest BCUT2D eigenvalue weighted by Gasteiger charge is 2.29. The molecule has 0 aliphatic rings. The Morgan fingerprint density at radius 3 is 0.905 bits per heavy atom. The zero-order valence-electron chi connectivity index (χ0n) is 59.6. The third kappa shape index (κ3) is 71.3. The van der Waals surface area contributed by atoms with Gasteiger partial charge < -0.3 is 34.2 Å². The molecule has 4 N–H and O–H groups in total. The Kier molecular flexibility index (Phi) is 67.3. The lowest BCUT2D eigenvalue weighted by atomic mass is 10.0. The van der Waals surface area contributed by atoms with E-state index in [2.05, 4.69) is 130 Å². The summed E-state index contributed by atoms with van der Waals surface area (Å²) in [4.78, 5) is 58.5. The third-order valence-electron chi connectivity index (χ3n) is 15.5. The van der Waals surface area contributed by atoms with E-state index < -0.39 is 91.5 Å². The molecule has 0 aliphatic carbocycles. The molecule has 0 bridgehead atoms. The smallest absolute Gasteiger partial charge is 0.463 e. The Hall–Kier alpha value is -3.79. The van der Waals surface area contributed by atoms with Crippen LogP contribution in [0.2, 0.25) is 0 Å². The van der Waals surface area contributed by atoms with Gasteiger partial charge in [-0.1, -0.05) is 284 Å². The maximum absolute atomic E-state index is 12.9. The number of aliphatic hydroxyl groups is 2. The van der Waals surface area contributed by atoms with Crippen LogP contribution in [0.25, 0.3) is 0 Å². The summed E-state index contributed by atoms with van der Waals surface area (Å²) in [5, 5.41) is 20.6. The fraction of sp³-hybridized carbons (Fsp3) is 0.727. The first-order chi connectivity index (χ1) is 46.2. The highest BCUT2D eigenvalue weighted by molar-refractivity contribution is 7.47. The van der Waals surface area contributed by atoms with Gasteiger partial charge in [-0.05, 0) is 109 Å². The van der Waals surface area contributed by atoms with Crippen molar-refractivity contribution in [3.05, 3.63) is 109 Å². The van der Waals surface area contributed by atoms with E-state index >= 15 is 0 Å². The Labute approximate surface area is 577 Å². The fourth-order valence-electron chi connectivity index (χ4n) is 9.82. The zero-order valence-corrected chi connectivity index (χ0v) is 61.4. The van der Waals surface area contributed by atoms with Crippen molar-refractivity contribution in [1.29, 1.82) is 0 Å². The summed E-state index contributed by atoms with van der Waals surface area (Å²) in [6.45, 7) is 2.53. The van der Waals surface area contributed by atoms with Gasteiger partial charge in [0, 0.05) is 19.3 Å². The van der Waals surface area contributed by atoms with Crippen LogP contribution in [-0.4, -0.2) is 95.9 Å². The van der Waals surface area contributed by atoms with Gasteiger partial charge in [-0.25, -0.2) is 9.13 Å². The highest BCUT2D eigenvalue weighted by atomic mass is 31.2. The van der Waals surface area contributed by atoms with Gasteiger partial charge in [-0.3, -0.25) is 32.5 Å². The number of esters is 3. The van der Waals surface area contributed by atoms with Crippen LogP contribution in [-0.2, 0) is 55.8 Å². The largest absolute Gasteiger partial charge is 0.472 e. The molecule has 0 aromatic heterocycles. The summed E-state index contributed by atoms with van der Waals surface area (Å²) in [5.74, 6) is -1.59. The van der Waals surface area contributed by atoms with Gasteiger partial charge in [0.2, 0.25) is 0 Å². The van der Waals surface area contributed by atoms with Crippen LogP contribution < -0.4 is 0 Å². The first kappa shape index (κ1) is 91.2. The number of carbonyl (C=O) groups excluding carboxylic acids is 3. The molecule has 0 aromatic carbocycles. The molecule has 0 aliphatic heterocycles. The maximum Gasteiger partial charge on any atom is 0.472 e. The molecule has 0 heterocycles. The number of phosphoric ester groups is 2. The molecule has 18 heteroatoms. The van der Waals surface area contributed by atoms with Crippen LogP contribution >= 0.6 is 15.6 Å². The summed E-state index contributed by atoms with van der Waals surface area (Å²) in [6, 6.07) is 0. The van der Waals surface area contributed by atoms with Crippen molar-refractivity contribution >= 4 is 33.6 Å². The molecule has 0 saturated carbocycles. The molecule has 0 rings (SSSR count). The number of hydrogen-bond acceptors (Lipinski definition) is 14. The van der Waals surface area contributed by atoms with Crippen molar-refractivity contribution in [1.82, 2.24) is 0 Å². The Bertz CT molecular complexity index is 2170. The molecule has 0 radical (unpaired) electrons. The van der Waals surface area contributed by atoms with Gasteiger partial charge >= 0.3 is 33.6 Å². The Morgan fingerprint density at radius 2 is 0.558 bits per heavy atom. The van der Waals surface area contributed by atoms with Gasteiger partial charge in [0.1, 0.15) is 25.4 Å². The number of ether oxygens (including phenoxy) is 3. The molecule has 95 heavy (non-hydrogen) atoms. The molecular formula is C77H134O16P2. The average molecular weight is 1380 g/mol. The molecule has 0 fully saturated rings.